The first-order valence-electron chi connectivity index (χ1n) is 10.6. The van der Waals surface area contributed by atoms with E-state index in [-0.39, 0.29) is 0 Å². The fourth-order valence-electron chi connectivity index (χ4n) is 3.24. The van der Waals surface area contributed by atoms with Crippen LogP contribution in [-0.2, 0) is 0 Å². The van der Waals surface area contributed by atoms with Gasteiger partial charge in [0, 0.05) is 48.2 Å². The van der Waals surface area contributed by atoms with E-state index in [4.69, 9.17) is 9.53 Å². The molecule has 0 N–H and O–H groups in total. The molecule has 0 heterocycles. The van der Waals surface area contributed by atoms with E-state index in [1.54, 1.807) is 0 Å². The lowest BCUT2D eigenvalue weighted by molar-refractivity contribution is 0.327. The molecule has 0 aromatic heterocycles. The van der Waals surface area contributed by atoms with Crippen LogP contribution in [0.3, 0.4) is 0 Å². The quantitative estimate of drug-likeness (QED) is 0.229. The molecule has 0 fully saturated rings. The van der Waals surface area contributed by atoms with Crippen molar-refractivity contribution in [3.8, 4) is 0 Å². The Morgan fingerprint density at radius 3 is 1.04 bits per heavy atom. The zero-order chi connectivity index (χ0) is 22.0. The Kier molecular flexibility index (Phi) is 14.8. The minimum absolute atomic E-state index is 0.466. The average Bonchev–Trinajstić information content (AvgIpc) is 2.52. The molecule has 0 saturated carbocycles. The minimum atomic E-state index is -0.631. The standard InChI is InChI=1S/C20H46N5P3/c1-15(2)23(16(3)4)26-21-13-28(25(19(9)10)20(11)12)14-22-27-24(17(5)6)18(7)8/h13-20,26-27H,1-12H3/b21-13+,22-14+. The Labute approximate surface area is 180 Å². The first-order valence-corrected chi connectivity index (χ1v) is 13.8. The lowest BCUT2D eigenvalue weighted by atomic mass is 10.3. The van der Waals surface area contributed by atoms with Crippen LogP contribution in [0.1, 0.15) is 83.1 Å². The molecule has 0 aromatic carbocycles. The molecule has 0 bridgehead atoms. The van der Waals surface area contributed by atoms with Crippen LogP contribution in [0.5, 0.6) is 0 Å². The molecule has 2 unspecified atom stereocenters. The average molecular weight is 450 g/mol. The second kappa shape index (κ2) is 14.5. The summed E-state index contributed by atoms with van der Waals surface area (Å²) in [5.74, 6) is 4.35. The van der Waals surface area contributed by atoms with Gasteiger partial charge >= 0.3 is 0 Å². The molecule has 0 aliphatic rings. The van der Waals surface area contributed by atoms with E-state index in [1.807, 2.05) is 0 Å². The first-order chi connectivity index (χ1) is 12.9. The highest BCUT2D eigenvalue weighted by Crippen LogP contribution is 2.41. The van der Waals surface area contributed by atoms with Crippen LogP contribution in [0, 0.1) is 0 Å². The second-order valence-corrected chi connectivity index (χ2v) is 12.5. The van der Waals surface area contributed by atoms with Crippen LogP contribution < -0.4 is 0 Å². The van der Waals surface area contributed by atoms with Gasteiger partial charge in [-0.1, -0.05) is 0 Å². The third kappa shape index (κ3) is 10.5. The highest BCUT2D eigenvalue weighted by Gasteiger charge is 2.22. The van der Waals surface area contributed by atoms with Gasteiger partial charge in [0.15, 0.2) is 0 Å². The Morgan fingerprint density at radius 2 is 0.821 bits per heavy atom. The molecule has 5 nitrogen and oxygen atoms in total. The zero-order valence-electron chi connectivity index (χ0n) is 20.3. The number of hydrogen-bond donors (Lipinski definition) is 0. The van der Waals surface area contributed by atoms with Crippen molar-refractivity contribution in [3.63, 3.8) is 0 Å². The fourth-order valence-corrected chi connectivity index (χ4v) is 7.15. The topological polar surface area (TPSA) is 34.4 Å². The van der Waals surface area contributed by atoms with Crippen LogP contribution >= 0.6 is 25.8 Å². The van der Waals surface area contributed by atoms with Crippen molar-refractivity contribution >= 4 is 37.7 Å². The summed E-state index contributed by atoms with van der Waals surface area (Å²) in [6.07, 6.45) is 0. The largest absolute Gasteiger partial charge is 0.268 e. The molecule has 0 amide bonds. The maximum absolute atomic E-state index is 4.88. The Bertz CT molecular complexity index is 409. The summed E-state index contributed by atoms with van der Waals surface area (Å²) in [4.78, 5) is 0. The summed E-state index contributed by atoms with van der Waals surface area (Å²) in [5, 5.41) is 0. The van der Waals surface area contributed by atoms with Gasteiger partial charge in [-0.2, -0.15) is 0 Å². The SMILES string of the molecule is CC(C)N(P/N=C/P(/C=N/PN(C(C)C)C(C)C)N(C(C)C)C(C)C)C(C)C. The lowest BCUT2D eigenvalue weighted by Crippen LogP contribution is -2.33. The van der Waals surface area contributed by atoms with E-state index in [0.717, 1.165) is 0 Å². The van der Waals surface area contributed by atoms with E-state index in [1.165, 1.54) is 0 Å². The van der Waals surface area contributed by atoms with Gasteiger partial charge in [0.2, 0.25) is 0 Å². The van der Waals surface area contributed by atoms with Crippen LogP contribution in [0.2, 0.25) is 0 Å². The summed E-state index contributed by atoms with van der Waals surface area (Å²) in [6, 6.07) is 2.96. The molecule has 2 atom stereocenters. The van der Waals surface area contributed by atoms with Crippen molar-refractivity contribution < 1.29 is 0 Å². The van der Waals surface area contributed by atoms with Gasteiger partial charge in [0.1, 0.15) is 0 Å². The van der Waals surface area contributed by atoms with Crippen LogP contribution in [0.15, 0.2) is 9.53 Å². The monoisotopic (exact) mass is 449 g/mol. The van der Waals surface area contributed by atoms with Crippen LogP contribution in [0.4, 0.5) is 0 Å². The molecule has 0 radical (unpaired) electrons. The van der Waals surface area contributed by atoms with Crippen molar-refractivity contribution in [2.24, 2.45) is 9.53 Å². The van der Waals surface area contributed by atoms with E-state index in [0.29, 0.717) is 54.0 Å². The van der Waals surface area contributed by atoms with Gasteiger partial charge in [0.25, 0.3) is 0 Å². The Morgan fingerprint density at radius 1 is 0.536 bits per heavy atom. The van der Waals surface area contributed by atoms with Crippen LogP contribution in [-0.4, -0.2) is 62.2 Å². The van der Waals surface area contributed by atoms with Gasteiger partial charge in [0.05, 0.1) is 25.8 Å². The Hall–Kier alpha value is 0.510. The predicted octanol–water partition coefficient (Wildman–Crippen LogP) is 6.81. The maximum atomic E-state index is 4.88. The van der Waals surface area contributed by atoms with Gasteiger partial charge in [-0.3, -0.25) is 23.5 Å². The fraction of sp³-hybridized carbons (Fsp3) is 0.900. The lowest BCUT2D eigenvalue weighted by Gasteiger charge is -2.34. The molecule has 8 heteroatoms. The highest BCUT2D eigenvalue weighted by atomic mass is 31.1. The molecule has 0 aliphatic heterocycles. The predicted molar refractivity (Wildman–Crippen MR) is 137 cm³/mol. The van der Waals surface area contributed by atoms with Crippen LogP contribution in [0.25, 0.3) is 0 Å². The summed E-state index contributed by atoms with van der Waals surface area (Å²) >= 11 is 0. The number of hydrogen-bond acceptors (Lipinski definition) is 5. The van der Waals surface area contributed by atoms with Gasteiger partial charge in [-0.05, 0) is 83.1 Å². The van der Waals surface area contributed by atoms with Crippen molar-refractivity contribution in [2.45, 2.75) is 119 Å². The summed E-state index contributed by atoms with van der Waals surface area (Å²) in [5.41, 5.74) is 0. The molecule has 28 heavy (non-hydrogen) atoms. The zero-order valence-corrected chi connectivity index (χ0v) is 23.2. The third-order valence-corrected chi connectivity index (χ3v) is 9.86. The summed E-state index contributed by atoms with van der Waals surface area (Å²) in [6.45, 7) is 27.0. The van der Waals surface area contributed by atoms with E-state index in [9.17, 15) is 0 Å². The molecule has 0 aliphatic carbocycles. The van der Waals surface area contributed by atoms with Crippen molar-refractivity contribution in [2.75, 3.05) is 0 Å². The number of nitrogens with zero attached hydrogens (tertiary/aromatic N) is 5. The minimum Gasteiger partial charge on any atom is -0.268 e. The molecular weight excluding hydrogens is 403 g/mol. The number of rotatable bonds is 13. The maximum Gasteiger partial charge on any atom is 0.0749 e. The van der Waals surface area contributed by atoms with Crippen molar-refractivity contribution in [1.82, 2.24) is 14.0 Å². The van der Waals surface area contributed by atoms with Crippen molar-refractivity contribution in [3.05, 3.63) is 0 Å². The smallest absolute Gasteiger partial charge is 0.0749 e. The Balaban J connectivity index is 5.42. The molecular formula is C20H46N5P3. The van der Waals surface area contributed by atoms with Gasteiger partial charge < -0.3 is 0 Å². The normalized spacial score (nSPS) is 15.9. The summed E-state index contributed by atoms with van der Waals surface area (Å²) < 4.78 is 17.2. The highest BCUT2D eigenvalue weighted by molar-refractivity contribution is 7.84. The summed E-state index contributed by atoms with van der Waals surface area (Å²) in [7, 11) is 0.312. The third-order valence-electron chi connectivity index (χ3n) is 4.25. The van der Waals surface area contributed by atoms with E-state index < -0.39 is 8.07 Å². The van der Waals surface area contributed by atoms with E-state index in [2.05, 4.69) is 109 Å². The molecule has 0 spiro atoms. The van der Waals surface area contributed by atoms with Crippen molar-refractivity contribution in [1.29, 1.82) is 0 Å². The molecule has 0 saturated heterocycles. The van der Waals surface area contributed by atoms with E-state index >= 15 is 0 Å². The van der Waals surface area contributed by atoms with Gasteiger partial charge in [-0.15, -0.1) is 0 Å². The first kappa shape index (κ1) is 28.5. The van der Waals surface area contributed by atoms with Gasteiger partial charge in [-0.25, -0.2) is 0 Å². The second-order valence-electron chi connectivity index (χ2n) is 8.83. The molecule has 0 rings (SSSR count). The molecule has 166 valence electrons. The molecule has 0 aromatic rings.